The van der Waals surface area contributed by atoms with Crippen molar-refractivity contribution < 1.29 is 24.2 Å². The second-order valence-corrected chi connectivity index (χ2v) is 8.81. The van der Waals surface area contributed by atoms with Crippen molar-refractivity contribution in [2.75, 3.05) is 26.2 Å². The van der Waals surface area contributed by atoms with Crippen LogP contribution in [0.15, 0.2) is 41.3 Å². The molecule has 1 aromatic carbocycles. The molecule has 2 aromatic heterocycles. The van der Waals surface area contributed by atoms with Gasteiger partial charge >= 0.3 is 0 Å². The molecule has 1 aliphatic heterocycles. The number of nitrogens with zero attached hydrogens (tertiary/aromatic N) is 3. The Morgan fingerprint density at radius 2 is 2.00 bits per heavy atom. The van der Waals surface area contributed by atoms with Crippen LogP contribution in [-0.4, -0.2) is 74.1 Å². The lowest BCUT2D eigenvalue weighted by Gasteiger charge is -2.26. The zero-order valence-electron chi connectivity index (χ0n) is 19.3. The monoisotopic (exact) mass is 482 g/mol. The van der Waals surface area contributed by atoms with E-state index in [0.29, 0.717) is 19.4 Å². The first kappa shape index (κ1) is 24.3. The number of aromatic amines is 1. The minimum absolute atomic E-state index is 0.00138. The normalized spacial score (nSPS) is 14.5. The van der Waals surface area contributed by atoms with Gasteiger partial charge in [-0.2, -0.15) is 0 Å². The standard InChI is InChI=1S/C25H27FN4O5/c1-15(31)14-30(10-9-29-8-2-3-20(29)32)25(35)21-23(33)22-19(28-24(21)34)12-17(13-27-22)11-16-4-6-18(26)7-5-16/h4-7,12-13,15,31H,2-3,8-11,14H2,1H3,(H2,28,33,34)/t15-/m1/s1. The van der Waals surface area contributed by atoms with E-state index in [0.717, 1.165) is 17.5 Å². The Bertz CT molecular complexity index is 1310. The highest BCUT2D eigenvalue weighted by Gasteiger charge is 2.27. The fourth-order valence-electron chi connectivity index (χ4n) is 4.27. The summed E-state index contributed by atoms with van der Waals surface area (Å²) in [6.07, 6.45) is 2.30. The summed E-state index contributed by atoms with van der Waals surface area (Å²) in [5, 5.41) is 20.7. The second kappa shape index (κ2) is 10.2. The van der Waals surface area contributed by atoms with Gasteiger partial charge in [-0.05, 0) is 49.1 Å². The average molecular weight is 483 g/mol. The maximum atomic E-state index is 13.3. The zero-order chi connectivity index (χ0) is 25.1. The highest BCUT2D eigenvalue weighted by molar-refractivity contribution is 6.01. The molecule has 0 bridgehead atoms. The smallest absolute Gasteiger partial charge is 0.265 e. The van der Waals surface area contributed by atoms with Gasteiger partial charge in [-0.3, -0.25) is 19.4 Å². The molecule has 1 aliphatic rings. The van der Waals surface area contributed by atoms with Crippen molar-refractivity contribution in [3.63, 3.8) is 0 Å². The van der Waals surface area contributed by atoms with Crippen molar-refractivity contribution in [3.05, 3.63) is 69.4 Å². The van der Waals surface area contributed by atoms with Gasteiger partial charge in [0.25, 0.3) is 11.5 Å². The van der Waals surface area contributed by atoms with E-state index in [1.165, 1.54) is 30.2 Å². The van der Waals surface area contributed by atoms with Crippen LogP contribution in [0.2, 0.25) is 0 Å². The lowest BCUT2D eigenvalue weighted by molar-refractivity contribution is -0.127. The summed E-state index contributed by atoms with van der Waals surface area (Å²) < 4.78 is 13.2. The van der Waals surface area contributed by atoms with E-state index >= 15 is 0 Å². The fourth-order valence-corrected chi connectivity index (χ4v) is 4.27. The number of hydrogen-bond acceptors (Lipinski definition) is 6. The second-order valence-electron chi connectivity index (χ2n) is 8.81. The van der Waals surface area contributed by atoms with Crippen molar-refractivity contribution >= 4 is 22.8 Å². The van der Waals surface area contributed by atoms with E-state index in [4.69, 9.17) is 0 Å². The van der Waals surface area contributed by atoms with Crippen LogP contribution in [0, 0.1) is 5.82 Å². The number of fused-ring (bicyclic) bond motifs is 1. The summed E-state index contributed by atoms with van der Waals surface area (Å²) in [4.78, 5) is 47.8. The number of hydrogen-bond donors (Lipinski definition) is 3. The average Bonchev–Trinajstić information content (AvgIpc) is 3.22. The lowest BCUT2D eigenvalue weighted by Crippen LogP contribution is -2.43. The Labute approximate surface area is 200 Å². The minimum atomic E-state index is -0.873. The molecular weight excluding hydrogens is 455 g/mol. The number of aromatic hydroxyl groups is 1. The Morgan fingerprint density at radius 1 is 1.26 bits per heavy atom. The van der Waals surface area contributed by atoms with Gasteiger partial charge in [-0.25, -0.2) is 4.39 Å². The quantitative estimate of drug-likeness (QED) is 0.450. The first-order chi connectivity index (χ1) is 16.7. The number of pyridine rings is 2. The van der Waals surface area contributed by atoms with Gasteiger partial charge in [0.1, 0.15) is 16.9 Å². The third kappa shape index (κ3) is 5.48. The SMILES string of the molecule is C[C@@H](O)CN(CCN1CCCC1=O)C(=O)c1c(O)c2ncc(Cc3ccc(F)cc3)cc2[nH]c1=O. The van der Waals surface area contributed by atoms with Crippen LogP contribution in [0.4, 0.5) is 4.39 Å². The molecule has 1 fully saturated rings. The molecule has 0 aliphatic carbocycles. The van der Waals surface area contributed by atoms with Crippen LogP contribution in [0.3, 0.4) is 0 Å². The molecule has 0 unspecified atom stereocenters. The highest BCUT2D eigenvalue weighted by Crippen LogP contribution is 2.25. The molecule has 1 saturated heterocycles. The number of likely N-dealkylation sites (tertiary alicyclic amines) is 1. The predicted octanol–water partition coefficient (Wildman–Crippen LogP) is 1.80. The summed E-state index contributed by atoms with van der Waals surface area (Å²) in [6.45, 7) is 2.42. The molecule has 10 heteroatoms. The van der Waals surface area contributed by atoms with E-state index in [9.17, 15) is 29.0 Å². The summed E-state index contributed by atoms with van der Waals surface area (Å²) in [7, 11) is 0. The number of benzene rings is 1. The number of aliphatic hydroxyl groups excluding tert-OH is 1. The van der Waals surface area contributed by atoms with Crippen LogP contribution in [0.5, 0.6) is 5.75 Å². The van der Waals surface area contributed by atoms with Gasteiger partial charge in [-0.15, -0.1) is 0 Å². The molecule has 0 spiro atoms. The van der Waals surface area contributed by atoms with Crippen LogP contribution in [0.1, 0.15) is 41.3 Å². The van der Waals surface area contributed by atoms with Crippen LogP contribution in [0.25, 0.3) is 11.0 Å². The van der Waals surface area contributed by atoms with E-state index in [1.54, 1.807) is 23.1 Å². The Kier molecular flexibility index (Phi) is 7.11. The molecular formula is C25H27FN4O5. The number of carbonyl (C=O) groups excluding carboxylic acids is 2. The number of aliphatic hydroxyl groups is 1. The maximum absolute atomic E-state index is 13.3. The molecule has 0 saturated carbocycles. The molecule has 0 radical (unpaired) electrons. The molecule has 184 valence electrons. The van der Waals surface area contributed by atoms with Gasteiger partial charge in [-0.1, -0.05) is 12.1 Å². The van der Waals surface area contributed by atoms with Gasteiger partial charge in [0, 0.05) is 38.8 Å². The molecule has 1 atom stereocenters. The number of rotatable bonds is 8. The summed E-state index contributed by atoms with van der Waals surface area (Å²) >= 11 is 0. The first-order valence-electron chi connectivity index (χ1n) is 11.5. The largest absolute Gasteiger partial charge is 0.505 e. The number of halogens is 1. The molecule has 3 heterocycles. The first-order valence-corrected chi connectivity index (χ1v) is 11.5. The number of nitrogens with one attached hydrogen (secondary N) is 1. The summed E-state index contributed by atoms with van der Waals surface area (Å²) in [5.74, 6) is -1.64. The maximum Gasteiger partial charge on any atom is 0.265 e. The van der Waals surface area contributed by atoms with Gasteiger partial charge in [0.05, 0.1) is 11.6 Å². The van der Waals surface area contributed by atoms with Crippen LogP contribution in [-0.2, 0) is 11.2 Å². The number of H-pyrrole nitrogens is 1. The van der Waals surface area contributed by atoms with Gasteiger partial charge < -0.3 is 25.0 Å². The van der Waals surface area contributed by atoms with Gasteiger partial charge in [0.2, 0.25) is 5.91 Å². The molecule has 3 aromatic rings. The minimum Gasteiger partial charge on any atom is -0.505 e. The lowest BCUT2D eigenvalue weighted by atomic mass is 10.1. The molecule has 4 rings (SSSR count). The Hall–Kier alpha value is -3.79. The van der Waals surface area contributed by atoms with E-state index in [1.807, 2.05) is 0 Å². The zero-order valence-corrected chi connectivity index (χ0v) is 19.3. The molecule has 9 nitrogen and oxygen atoms in total. The van der Waals surface area contributed by atoms with Crippen molar-refractivity contribution in [2.45, 2.75) is 32.3 Å². The fraction of sp³-hybridized carbons (Fsp3) is 0.360. The van der Waals surface area contributed by atoms with Crippen molar-refractivity contribution in [1.29, 1.82) is 0 Å². The Balaban J connectivity index is 1.61. The van der Waals surface area contributed by atoms with Crippen molar-refractivity contribution in [3.8, 4) is 5.75 Å². The highest BCUT2D eigenvalue weighted by atomic mass is 19.1. The van der Waals surface area contributed by atoms with Crippen molar-refractivity contribution in [2.24, 2.45) is 0 Å². The topological polar surface area (TPSA) is 127 Å². The molecule has 3 N–H and O–H groups in total. The van der Waals surface area contributed by atoms with Gasteiger partial charge in [0.15, 0.2) is 5.75 Å². The third-order valence-electron chi connectivity index (χ3n) is 6.00. The number of amides is 2. The molecule has 2 amide bonds. The summed E-state index contributed by atoms with van der Waals surface area (Å²) in [5.41, 5.74) is 0.634. The van der Waals surface area contributed by atoms with Crippen LogP contribution < -0.4 is 5.56 Å². The molecule has 35 heavy (non-hydrogen) atoms. The van der Waals surface area contributed by atoms with Crippen LogP contribution >= 0.6 is 0 Å². The third-order valence-corrected chi connectivity index (χ3v) is 6.00. The Morgan fingerprint density at radius 3 is 2.66 bits per heavy atom. The number of aromatic nitrogens is 2. The van der Waals surface area contributed by atoms with Crippen molar-refractivity contribution in [1.82, 2.24) is 19.8 Å². The van der Waals surface area contributed by atoms with E-state index < -0.39 is 28.9 Å². The number of carbonyl (C=O) groups is 2. The van der Waals surface area contributed by atoms with E-state index in [2.05, 4.69) is 9.97 Å². The predicted molar refractivity (Wildman–Crippen MR) is 127 cm³/mol. The van der Waals surface area contributed by atoms with E-state index in [-0.39, 0.29) is 42.4 Å². The summed E-state index contributed by atoms with van der Waals surface area (Å²) in [6, 6.07) is 7.65.